The van der Waals surface area contributed by atoms with Crippen LogP contribution in [0.1, 0.15) is 51.9 Å². The van der Waals surface area contributed by atoms with Crippen molar-refractivity contribution in [2.75, 3.05) is 0 Å². The first-order valence-corrected chi connectivity index (χ1v) is 6.99. The summed E-state index contributed by atoms with van der Waals surface area (Å²) in [6.07, 6.45) is 8.63. The average molecular weight is 250 g/mol. The van der Waals surface area contributed by atoms with Crippen molar-refractivity contribution in [1.29, 1.82) is 0 Å². The maximum absolute atomic E-state index is 5.57. The number of hydrogen-bond acceptors (Lipinski definition) is 2. The van der Waals surface area contributed by atoms with Crippen LogP contribution in [0.5, 0.6) is 5.75 Å². The Morgan fingerprint density at radius 2 is 1.65 bits per heavy atom. The molecule has 0 saturated carbocycles. The number of hydrogen-bond donors (Lipinski definition) is 0. The lowest BCUT2D eigenvalue weighted by molar-refractivity contribution is 0.533. The van der Waals surface area contributed by atoms with Gasteiger partial charge in [0.1, 0.15) is 5.75 Å². The molecule has 0 spiro atoms. The van der Waals surface area contributed by atoms with E-state index < -0.39 is 0 Å². The molecule has 0 radical (unpaired) electrons. The van der Waals surface area contributed by atoms with Crippen LogP contribution in [-0.2, 0) is 0 Å². The summed E-state index contributed by atoms with van der Waals surface area (Å²) in [6.45, 7) is 2.24. The molecule has 94 valence electrons. The smallest absolute Gasteiger partial charge is 0.167 e. The van der Waals surface area contributed by atoms with Crippen LogP contribution in [0.3, 0.4) is 0 Å². The summed E-state index contributed by atoms with van der Waals surface area (Å²) in [5, 5.41) is 0.715. The normalized spacial score (nSPS) is 10.2. The van der Waals surface area contributed by atoms with Crippen molar-refractivity contribution >= 4 is 17.3 Å². The van der Waals surface area contributed by atoms with Crippen molar-refractivity contribution in [3.63, 3.8) is 0 Å². The van der Waals surface area contributed by atoms with Crippen LogP contribution in [0.25, 0.3) is 0 Å². The highest BCUT2D eigenvalue weighted by molar-refractivity contribution is 7.80. The zero-order valence-corrected chi connectivity index (χ0v) is 11.5. The van der Waals surface area contributed by atoms with E-state index in [0.717, 1.165) is 18.6 Å². The first-order chi connectivity index (χ1) is 8.33. The van der Waals surface area contributed by atoms with Gasteiger partial charge in [0.2, 0.25) is 0 Å². The highest BCUT2D eigenvalue weighted by Gasteiger charge is 1.99. The largest absolute Gasteiger partial charge is 0.450 e. The van der Waals surface area contributed by atoms with Gasteiger partial charge in [0.25, 0.3) is 0 Å². The Labute approximate surface area is 110 Å². The number of rotatable bonds is 8. The van der Waals surface area contributed by atoms with E-state index in [4.69, 9.17) is 17.0 Å². The molecule has 0 aromatic heterocycles. The summed E-state index contributed by atoms with van der Waals surface area (Å²) >= 11 is 5.21. The third-order valence-corrected chi connectivity index (χ3v) is 3.00. The minimum absolute atomic E-state index is 0.715. The standard InChI is InChI=1S/C15H22OS/c1-2-3-4-5-6-10-13-15(17)16-14-11-8-7-9-12-14/h7-9,11-12H,2-6,10,13H2,1H3. The second kappa shape index (κ2) is 9.17. The van der Waals surface area contributed by atoms with Gasteiger partial charge in [-0.3, -0.25) is 0 Å². The Morgan fingerprint density at radius 1 is 1.00 bits per heavy atom. The maximum atomic E-state index is 5.57. The van der Waals surface area contributed by atoms with E-state index in [2.05, 4.69) is 6.92 Å². The van der Waals surface area contributed by atoms with Crippen molar-refractivity contribution in [2.45, 2.75) is 51.9 Å². The molecule has 0 N–H and O–H groups in total. The molecule has 0 bridgehead atoms. The lowest BCUT2D eigenvalue weighted by Gasteiger charge is -2.06. The molecular formula is C15H22OS. The molecule has 0 atom stereocenters. The number of ether oxygens (including phenoxy) is 1. The molecule has 0 aliphatic heterocycles. The van der Waals surface area contributed by atoms with Gasteiger partial charge in [-0.15, -0.1) is 0 Å². The monoisotopic (exact) mass is 250 g/mol. The number of unbranched alkanes of at least 4 members (excludes halogenated alkanes) is 5. The molecule has 0 heterocycles. The van der Waals surface area contributed by atoms with Gasteiger partial charge in [0, 0.05) is 6.42 Å². The first-order valence-electron chi connectivity index (χ1n) is 6.58. The van der Waals surface area contributed by atoms with Gasteiger partial charge in [-0.1, -0.05) is 57.2 Å². The van der Waals surface area contributed by atoms with Crippen LogP contribution in [0, 0.1) is 0 Å². The van der Waals surface area contributed by atoms with Crippen LogP contribution in [0.4, 0.5) is 0 Å². The van der Waals surface area contributed by atoms with Crippen LogP contribution < -0.4 is 4.74 Å². The number of para-hydroxylation sites is 1. The summed E-state index contributed by atoms with van der Waals surface area (Å²) in [7, 11) is 0. The highest BCUT2D eigenvalue weighted by Crippen LogP contribution is 2.12. The van der Waals surface area contributed by atoms with Gasteiger partial charge in [-0.05, 0) is 30.8 Å². The minimum atomic E-state index is 0.715. The fraction of sp³-hybridized carbons (Fsp3) is 0.533. The summed E-state index contributed by atoms with van der Waals surface area (Å²) in [5.41, 5.74) is 0. The van der Waals surface area contributed by atoms with Crippen LogP contribution >= 0.6 is 12.2 Å². The lowest BCUT2D eigenvalue weighted by Crippen LogP contribution is -2.04. The van der Waals surface area contributed by atoms with E-state index in [-0.39, 0.29) is 0 Å². The van der Waals surface area contributed by atoms with Gasteiger partial charge in [0.15, 0.2) is 5.05 Å². The summed E-state index contributed by atoms with van der Waals surface area (Å²) in [5.74, 6) is 0.850. The van der Waals surface area contributed by atoms with Crippen LogP contribution in [0.2, 0.25) is 0 Å². The zero-order chi connectivity index (χ0) is 12.3. The quantitative estimate of drug-likeness (QED) is 0.466. The third kappa shape index (κ3) is 7.11. The van der Waals surface area contributed by atoms with E-state index >= 15 is 0 Å². The highest BCUT2D eigenvalue weighted by atomic mass is 32.1. The minimum Gasteiger partial charge on any atom is -0.450 e. The molecule has 2 heteroatoms. The molecule has 1 nitrogen and oxygen atoms in total. The zero-order valence-electron chi connectivity index (χ0n) is 10.7. The predicted octanol–water partition coefficient (Wildman–Crippen LogP) is 5.14. The molecule has 0 unspecified atom stereocenters. The molecule has 0 saturated heterocycles. The average Bonchev–Trinajstić information content (AvgIpc) is 2.35. The molecule has 0 aliphatic rings. The van der Waals surface area contributed by atoms with Crippen molar-refractivity contribution < 1.29 is 4.74 Å². The topological polar surface area (TPSA) is 9.23 Å². The lowest BCUT2D eigenvalue weighted by atomic mass is 10.1. The van der Waals surface area contributed by atoms with Crippen molar-refractivity contribution in [3.8, 4) is 5.75 Å². The SMILES string of the molecule is CCCCCCCCC(=S)Oc1ccccc1. The van der Waals surface area contributed by atoms with Crippen molar-refractivity contribution in [2.24, 2.45) is 0 Å². The van der Waals surface area contributed by atoms with Crippen molar-refractivity contribution in [3.05, 3.63) is 30.3 Å². The molecular weight excluding hydrogens is 228 g/mol. The van der Waals surface area contributed by atoms with Gasteiger partial charge < -0.3 is 4.74 Å². The first kappa shape index (κ1) is 14.2. The summed E-state index contributed by atoms with van der Waals surface area (Å²) in [4.78, 5) is 0. The fourth-order valence-electron chi connectivity index (χ4n) is 1.72. The molecule has 17 heavy (non-hydrogen) atoms. The van der Waals surface area contributed by atoms with Crippen LogP contribution in [-0.4, -0.2) is 5.05 Å². The Kier molecular flexibility index (Phi) is 7.65. The van der Waals surface area contributed by atoms with Crippen LogP contribution in [0.15, 0.2) is 30.3 Å². The molecule has 0 aliphatic carbocycles. The predicted molar refractivity (Wildman–Crippen MR) is 77.7 cm³/mol. The molecule has 0 fully saturated rings. The summed E-state index contributed by atoms with van der Waals surface area (Å²) in [6, 6.07) is 9.77. The summed E-state index contributed by atoms with van der Waals surface area (Å²) < 4.78 is 5.57. The Morgan fingerprint density at radius 3 is 2.35 bits per heavy atom. The fourth-order valence-corrected chi connectivity index (χ4v) is 1.96. The van der Waals surface area contributed by atoms with Crippen molar-refractivity contribution in [1.82, 2.24) is 0 Å². The van der Waals surface area contributed by atoms with E-state index in [1.165, 1.54) is 32.1 Å². The third-order valence-electron chi connectivity index (χ3n) is 2.71. The Hall–Kier alpha value is -0.890. The molecule has 1 aromatic carbocycles. The molecule has 0 amide bonds. The van der Waals surface area contributed by atoms with E-state index in [1.807, 2.05) is 30.3 Å². The van der Waals surface area contributed by atoms with Gasteiger partial charge in [-0.25, -0.2) is 0 Å². The van der Waals surface area contributed by atoms with E-state index in [1.54, 1.807) is 0 Å². The Bertz CT molecular complexity index is 308. The van der Waals surface area contributed by atoms with E-state index in [9.17, 15) is 0 Å². The Balaban J connectivity index is 2.06. The van der Waals surface area contributed by atoms with Gasteiger partial charge >= 0.3 is 0 Å². The second-order valence-corrected chi connectivity index (χ2v) is 4.76. The molecule has 1 rings (SSSR count). The number of benzene rings is 1. The second-order valence-electron chi connectivity index (χ2n) is 4.30. The maximum Gasteiger partial charge on any atom is 0.167 e. The van der Waals surface area contributed by atoms with E-state index in [0.29, 0.717) is 5.05 Å². The van der Waals surface area contributed by atoms with Gasteiger partial charge in [-0.2, -0.15) is 0 Å². The number of thiocarbonyl (C=S) groups is 1. The van der Waals surface area contributed by atoms with Gasteiger partial charge in [0.05, 0.1) is 0 Å². The molecule has 1 aromatic rings.